The van der Waals surface area contributed by atoms with Gasteiger partial charge in [-0.1, -0.05) is 68.2 Å². The Hall–Kier alpha value is -4.74. The fourth-order valence-electron chi connectivity index (χ4n) is 4.47. The molecular formula is C35H43N5O5Si. The minimum Gasteiger partial charge on any atom is -0.443 e. The Morgan fingerprint density at radius 3 is 2.46 bits per heavy atom. The highest BCUT2D eigenvalue weighted by molar-refractivity contribution is 6.76. The molecule has 10 nitrogen and oxygen atoms in total. The molecule has 0 spiro atoms. The number of para-hydroxylation sites is 1. The SMILES string of the molecule is CC(C)(C)OC(=O)n1c(/C=C/C(=C\N(C=O)COCC[Si](C)(C)C)NC(=O)c2cnn(Cc3ccccc3)c2)cc2ccccc21. The Labute approximate surface area is 271 Å². The smallest absolute Gasteiger partial charge is 0.419 e. The number of benzene rings is 2. The number of aromatic nitrogens is 3. The Kier molecular flexibility index (Phi) is 11.2. The standard InChI is InChI=1S/C35H43N5O5Si/c1-35(2,3)45-34(43)40-31(20-28-14-10-11-15-32(28)40)17-16-30(24-38(25-41)26-44-18-19-46(4,5)6)37-33(42)29-21-36-39(23-29)22-27-12-8-7-9-13-27/h7-17,20-21,23-25H,18-19,22,26H2,1-6H3,(H,37,42)/b17-16+,30-24+. The summed E-state index contributed by atoms with van der Waals surface area (Å²) in [4.78, 5) is 40.0. The quantitative estimate of drug-likeness (QED) is 0.0571. The van der Waals surface area contributed by atoms with E-state index < -0.39 is 25.7 Å². The van der Waals surface area contributed by atoms with Crippen LogP contribution in [0.15, 0.2) is 91.0 Å². The average Bonchev–Trinajstić information content (AvgIpc) is 3.61. The van der Waals surface area contributed by atoms with Gasteiger partial charge in [-0.15, -0.1) is 0 Å². The minimum atomic E-state index is -1.31. The second-order valence-electron chi connectivity index (χ2n) is 13.2. The summed E-state index contributed by atoms with van der Waals surface area (Å²) in [6.07, 6.45) is 8.12. The van der Waals surface area contributed by atoms with Gasteiger partial charge in [0.2, 0.25) is 6.41 Å². The van der Waals surface area contributed by atoms with Gasteiger partial charge in [0.25, 0.3) is 5.91 Å². The summed E-state index contributed by atoms with van der Waals surface area (Å²) in [6.45, 7) is 13.3. The third-order valence-electron chi connectivity index (χ3n) is 6.77. The van der Waals surface area contributed by atoms with Crippen molar-refractivity contribution >= 4 is 43.5 Å². The summed E-state index contributed by atoms with van der Waals surface area (Å²) in [5.41, 5.74) is 2.23. The molecule has 4 rings (SSSR count). The number of allylic oxidation sites excluding steroid dienone is 1. The predicted octanol–water partition coefficient (Wildman–Crippen LogP) is 6.72. The first-order valence-corrected chi connectivity index (χ1v) is 18.9. The van der Waals surface area contributed by atoms with Gasteiger partial charge in [0.05, 0.1) is 35.2 Å². The molecule has 0 saturated heterocycles. The number of amides is 2. The lowest BCUT2D eigenvalue weighted by molar-refractivity contribution is -0.119. The van der Waals surface area contributed by atoms with Crippen LogP contribution in [0, 0.1) is 0 Å². The first-order chi connectivity index (χ1) is 21.8. The van der Waals surface area contributed by atoms with Crippen molar-refractivity contribution in [2.75, 3.05) is 13.3 Å². The van der Waals surface area contributed by atoms with Crippen molar-refractivity contribution in [2.24, 2.45) is 0 Å². The molecule has 46 heavy (non-hydrogen) atoms. The van der Waals surface area contributed by atoms with Gasteiger partial charge in [0, 0.05) is 32.5 Å². The number of ether oxygens (including phenoxy) is 2. The zero-order valence-corrected chi connectivity index (χ0v) is 28.4. The molecule has 0 aliphatic rings. The molecule has 0 unspecified atom stereocenters. The van der Waals surface area contributed by atoms with Gasteiger partial charge in [0.1, 0.15) is 12.3 Å². The molecule has 2 amide bonds. The number of nitrogens with zero attached hydrogens (tertiary/aromatic N) is 4. The maximum absolute atomic E-state index is 13.4. The first-order valence-electron chi connectivity index (χ1n) is 15.2. The molecule has 4 aromatic rings. The molecule has 2 aromatic heterocycles. The van der Waals surface area contributed by atoms with Crippen LogP contribution >= 0.6 is 0 Å². The Morgan fingerprint density at radius 1 is 1.04 bits per heavy atom. The van der Waals surface area contributed by atoms with Crippen LogP contribution in [0.25, 0.3) is 17.0 Å². The van der Waals surface area contributed by atoms with Crippen LogP contribution in [0.5, 0.6) is 0 Å². The van der Waals surface area contributed by atoms with Crippen LogP contribution in [0.4, 0.5) is 4.79 Å². The van der Waals surface area contributed by atoms with Gasteiger partial charge in [-0.25, -0.2) is 9.36 Å². The summed E-state index contributed by atoms with van der Waals surface area (Å²) in [7, 11) is -1.31. The molecular weight excluding hydrogens is 599 g/mol. The highest BCUT2D eigenvalue weighted by Crippen LogP contribution is 2.23. The van der Waals surface area contributed by atoms with Crippen LogP contribution in [0.1, 0.15) is 42.4 Å². The van der Waals surface area contributed by atoms with E-state index in [2.05, 4.69) is 30.1 Å². The number of carbonyl (C=O) groups excluding carboxylic acids is 3. The van der Waals surface area contributed by atoms with Crippen molar-refractivity contribution in [1.29, 1.82) is 0 Å². The van der Waals surface area contributed by atoms with Gasteiger partial charge in [-0.2, -0.15) is 5.10 Å². The van der Waals surface area contributed by atoms with E-state index >= 15 is 0 Å². The predicted molar refractivity (Wildman–Crippen MR) is 183 cm³/mol. The van der Waals surface area contributed by atoms with E-state index in [4.69, 9.17) is 9.47 Å². The van der Waals surface area contributed by atoms with E-state index in [1.165, 1.54) is 21.9 Å². The van der Waals surface area contributed by atoms with Crippen LogP contribution in [-0.4, -0.2) is 64.7 Å². The molecule has 0 fully saturated rings. The molecule has 0 aliphatic heterocycles. The second kappa shape index (κ2) is 15.0. The minimum absolute atomic E-state index is 0.0222. The van der Waals surface area contributed by atoms with Crippen molar-refractivity contribution in [2.45, 2.75) is 58.6 Å². The third kappa shape index (κ3) is 10.1. The lowest BCUT2D eigenvalue weighted by Gasteiger charge is -2.20. The number of nitrogens with one attached hydrogen (secondary N) is 1. The molecule has 2 aromatic carbocycles. The monoisotopic (exact) mass is 641 g/mol. The van der Waals surface area contributed by atoms with Gasteiger partial charge < -0.3 is 14.8 Å². The van der Waals surface area contributed by atoms with Crippen molar-refractivity contribution in [3.05, 3.63) is 108 Å². The number of fused-ring (bicyclic) bond motifs is 1. The summed E-state index contributed by atoms with van der Waals surface area (Å²) in [5.74, 6) is -0.409. The lowest BCUT2D eigenvalue weighted by Crippen LogP contribution is -2.28. The molecule has 0 bridgehead atoms. The fourth-order valence-corrected chi connectivity index (χ4v) is 5.23. The maximum atomic E-state index is 13.4. The normalized spacial score (nSPS) is 12.4. The molecule has 0 saturated carbocycles. The summed E-state index contributed by atoms with van der Waals surface area (Å²) in [6, 6.07) is 20.1. The van der Waals surface area contributed by atoms with Crippen LogP contribution in [0.2, 0.25) is 25.7 Å². The molecule has 0 radical (unpaired) electrons. The summed E-state index contributed by atoms with van der Waals surface area (Å²) < 4.78 is 14.7. The Balaban J connectivity index is 1.62. The van der Waals surface area contributed by atoms with Crippen molar-refractivity contribution in [1.82, 2.24) is 24.6 Å². The van der Waals surface area contributed by atoms with Gasteiger partial charge in [-0.05, 0) is 56.7 Å². The Morgan fingerprint density at radius 2 is 1.76 bits per heavy atom. The van der Waals surface area contributed by atoms with E-state index in [1.54, 1.807) is 23.0 Å². The number of carbonyl (C=O) groups is 3. The van der Waals surface area contributed by atoms with Gasteiger partial charge in [0.15, 0.2) is 0 Å². The lowest BCUT2D eigenvalue weighted by atomic mass is 10.2. The third-order valence-corrected chi connectivity index (χ3v) is 8.47. The number of hydrogen-bond acceptors (Lipinski definition) is 6. The molecule has 2 heterocycles. The number of rotatable bonds is 13. The van der Waals surface area contributed by atoms with Gasteiger partial charge >= 0.3 is 6.09 Å². The zero-order valence-electron chi connectivity index (χ0n) is 27.4. The summed E-state index contributed by atoms with van der Waals surface area (Å²) >= 11 is 0. The van der Waals surface area contributed by atoms with Crippen LogP contribution < -0.4 is 5.32 Å². The summed E-state index contributed by atoms with van der Waals surface area (Å²) in [5, 5.41) is 8.08. The highest BCUT2D eigenvalue weighted by Gasteiger charge is 2.21. The highest BCUT2D eigenvalue weighted by atomic mass is 28.3. The fraction of sp³-hybridized carbons (Fsp3) is 0.314. The molecule has 0 aliphatic carbocycles. The molecule has 1 N–H and O–H groups in total. The van der Waals surface area contributed by atoms with E-state index in [0.717, 1.165) is 17.0 Å². The topological polar surface area (TPSA) is 108 Å². The van der Waals surface area contributed by atoms with E-state index in [1.807, 2.05) is 81.4 Å². The first kappa shape index (κ1) is 34.1. The van der Waals surface area contributed by atoms with Crippen molar-refractivity contribution in [3.63, 3.8) is 0 Å². The molecule has 0 atom stereocenters. The largest absolute Gasteiger partial charge is 0.443 e. The second-order valence-corrected chi connectivity index (χ2v) is 18.8. The van der Waals surface area contributed by atoms with Crippen molar-refractivity contribution < 1.29 is 23.9 Å². The van der Waals surface area contributed by atoms with Crippen LogP contribution in [0.3, 0.4) is 0 Å². The molecule has 242 valence electrons. The molecule has 11 heteroatoms. The van der Waals surface area contributed by atoms with E-state index in [0.29, 0.717) is 42.0 Å². The number of hydrogen-bond donors (Lipinski definition) is 1. The average molecular weight is 642 g/mol. The maximum Gasteiger partial charge on any atom is 0.419 e. The van der Waals surface area contributed by atoms with Crippen LogP contribution in [-0.2, 0) is 20.8 Å². The van der Waals surface area contributed by atoms with Crippen molar-refractivity contribution in [3.8, 4) is 0 Å². The van der Waals surface area contributed by atoms with E-state index in [9.17, 15) is 14.4 Å². The zero-order chi connectivity index (χ0) is 33.3. The Bertz CT molecular complexity index is 1710. The van der Waals surface area contributed by atoms with E-state index in [-0.39, 0.29) is 6.73 Å². The van der Waals surface area contributed by atoms with Gasteiger partial charge in [-0.3, -0.25) is 19.2 Å².